The molecule has 0 aliphatic carbocycles. The van der Waals surface area contributed by atoms with Crippen molar-refractivity contribution in [3.8, 4) is 0 Å². The van der Waals surface area contributed by atoms with E-state index in [1.807, 2.05) is 0 Å². The lowest BCUT2D eigenvalue weighted by Gasteiger charge is -2.18. The van der Waals surface area contributed by atoms with E-state index in [2.05, 4.69) is 20.8 Å². The topological polar surface area (TPSA) is 61.8 Å². The summed E-state index contributed by atoms with van der Waals surface area (Å²) in [6.07, 6.45) is 41.0. The molecule has 1 unspecified atom stereocenters. The largest absolute Gasteiger partial charge is 0.462 e. The molecule has 0 aliphatic heterocycles. The van der Waals surface area contributed by atoms with Crippen LogP contribution in [0.4, 0.5) is 0 Å². The second-order valence-corrected chi connectivity index (χ2v) is 14.6. The number of carbonyl (C=O) groups is 2. The molecule has 5 heteroatoms. The summed E-state index contributed by atoms with van der Waals surface area (Å²) in [6.45, 7) is 7.83. The molecule has 0 radical (unpaired) electrons. The number of carbonyl (C=O) groups excluding carboxylic acids is 2. The van der Waals surface area contributed by atoms with Crippen LogP contribution in [0.2, 0.25) is 0 Å². The van der Waals surface area contributed by atoms with Crippen LogP contribution in [0.15, 0.2) is 0 Å². The molecule has 0 saturated carbocycles. The molecule has 0 rings (SSSR count). The maximum atomic E-state index is 12.6. The molecule has 0 heterocycles. The Balaban J connectivity index is 4.08. The molecule has 48 heavy (non-hydrogen) atoms. The third-order valence-corrected chi connectivity index (χ3v) is 9.64. The Morgan fingerprint density at radius 3 is 1.06 bits per heavy atom. The van der Waals surface area contributed by atoms with Gasteiger partial charge in [0.15, 0.2) is 6.10 Å². The van der Waals surface area contributed by atoms with Gasteiger partial charge in [-0.05, 0) is 19.3 Å². The minimum Gasteiger partial charge on any atom is -0.462 e. The van der Waals surface area contributed by atoms with E-state index in [1.54, 1.807) is 0 Å². The highest BCUT2D eigenvalue weighted by Gasteiger charge is 2.17. The number of hydrogen-bond acceptors (Lipinski definition) is 5. The standard InChI is InChI=1S/C43H84O5/c1-4-7-10-13-16-18-20-21-22-23-24-25-28-30-33-36-42(44)47-40-41(48-43(45)37-34-31-27-15-12-9-6-3)39-46-38-35-32-29-26-19-17-14-11-8-5-2/h41H,4-40H2,1-3H3. The summed E-state index contributed by atoms with van der Waals surface area (Å²) in [7, 11) is 0. The van der Waals surface area contributed by atoms with Crippen molar-refractivity contribution in [3.63, 3.8) is 0 Å². The molecule has 0 saturated heterocycles. The number of rotatable bonds is 40. The van der Waals surface area contributed by atoms with E-state index in [0.29, 0.717) is 26.1 Å². The van der Waals surface area contributed by atoms with Gasteiger partial charge in [-0.2, -0.15) is 0 Å². The number of ether oxygens (including phenoxy) is 3. The molecule has 0 spiro atoms. The van der Waals surface area contributed by atoms with Crippen LogP contribution >= 0.6 is 0 Å². The van der Waals surface area contributed by atoms with Gasteiger partial charge in [-0.25, -0.2) is 0 Å². The molecule has 0 aromatic heterocycles. The van der Waals surface area contributed by atoms with E-state index >= 15 is 0 Å². The first-order chi connectivity index (χ1) is 23.6. The third kappa shape index (κ3) is 37.7. The van der Waals surface area contributed by atoms with Crippen molar-refractivity contribution in [1.29, 1.82) is 0 Å². The first-order valence-electron chi connectivity index (χ1n) is 21.6. The van der Waals surface area contributed by atoms with Crippen LogP contribution in [0, 0.1) is 0 Å². The molecule has 0 amide bonds. The summed E-state index contributed by atoms with van der Waals surface area (Å²) >= 11 is 0. The predicted octanol–water partition coefficient (Wildman–Crippen LogP) is 13.8. The molecule has 5 nitrogen and oxygen atoms in total. The summed E-state index contributed by atoms with van der Waals surface area (Å²) in [5.41, 5.74) is 0. The van der Waals surface area contributed by atoms with Crippen molar-refractivity contribution < 1.29 is 23.8 Å². The van der Waals surface area contributed by atoms with Gasteiger partial charge in [-0.1, -0.05) is 207 Å². The predicted molar refractivity (Wildman–Crippen MR) is 206 cm³/mol. The Kier molecular flexibility index (Phi) is 39.4. The Bertz CT molecular complexity index is 651. The van der Waals surface area contributed by atoms with Crippen LogP contribution in [0.5, 0.6) is 0 Å². The Morgan fingerprint density at radius 2 is 0.688 bits per heavy atom. The van der Waals surface area contributed by atoms with E-state index in [-0.39, 0.29) is 18.5 Å². The minimum absolute atomic E-state index is 0.0956. The summed E-state index contributed by atoms with van der Waals surface area (Å²) in [4.78, 5) is 25.0. The third-order valence-electron chi connectivity index (χ3n) is 9.64. The highest BCUT2D eigenvalue weighted by atomic mass is 16.6. The van der Waals surface area contributed by atoms with Gasteiger partial charge in [0, 0.05) is 19.4 Å². The number of hydrogen-bond donors (Lipinski definition) is 0. The van der Waals surface area contributed by atoms with Crippen molar-refractivity contribution in [3.05, 3.63) is 0 Å². The van der Waals surface area contributed by atoms with Crippen LogP contribution in [-0.2, 0) is 23.8 Å². The van der Waals surface area contributed by atoms with Gasteiger partial charge in [-0.15, -0.1) is 0 Å². The molecule has 0 aromatic rings. The second kappa shape index (κ2) is 40.3. The summed E-state index contributed by atoms with van der Waals surface area (Å²) in [5.74, 6) is -0.387. The fraction of sp³-hybridized carbons (Fsp3) is 0.953. The summed E-state index contributed by atoms with van der Waals surface area (Å²) in [6, 6.07) is 0. The van der Waals surface area contributed by atoms with Crippen LogP contribution in [0.3, 0.4) is 0 Å². The molecule has 286 valence electrons. The zero-order valence-corrected chi connectivity index (χ0v) is 32.8. The van der Waals surface area contributed by atoms with E-state index in [4.69, 9.17) is 14.2 Å². The smallest absolute Gasteiger partial charge is 0.306 e. The fourth-order valence-electron chi connectivity index (χ4n) is 6.39. The van der Waals surface area contributed by atoms with E-state index in [0.717, 1.165) is 32.1 Å². The molecular weight excluding hydrogens is 596 g/mol. The van der Waals surface area contributed by atoms with Crippen molar-refractivity contribution in [1.82, 2.24) is 0 Å². The van der Waals surface area contributed by atoms with Crippen molar-refractivity contribution in [2.45, 2.75) is 245 Å². The van der Waals surface area contributed by atoms with E-state index in [9.17, 15) is 9.59 Å². The van der Waals surface area contributed by atoms with Crippen molar-refractivity contribution >= 4 is 11.9 Å². The molecule has 0 N–H and O–H groups in total. The normalized spacial score (nSPS) is 12.0. The molecule has 0 aromatic carbocycles. The summed E-state index contributed by atoms with van der Waals surface area (Å²) in [5, 5.41) is 0. The Morgan fingerprint density at radius 1 is 0.375 bits per heavy atom. The van der Waals surface area contributed by atoms with Crippen LogP contribution in [0.1, 0.15) is 239 Å². The lowest BCUT2D eigenvalue weighted by Crippen LogP contribution is -2.30. The van der Waals surface area contributed by atoms with Crippen LogP contribution in [-0.4, -0.2) is 37.9 Å². The van der Waals surface area contributed by atoms with Crippen LogP contribution in [0.25, 0.3) is 0 Å². The summed E-state index contributed by atoms with van der Waals surface area (Å²) < 4.78 is 17.2. The first-order valence-corrected chi connectivity index (χ1v) is 21.6. The lowest BCUT2D eigenvalue weighted by molar-refractivity contribution is -0.163. The van der Waals surface area contributed by atoms with Gasteiger partial charge < -0.3 is 14.2 Å². The quantitative estimate of drug-likeness (QED) is 0.0476. The average Bonchev–Trinajstić information content (AvgIpc) is 3.08. The van der Waals surface area contributed by atoms with Gasteiger partial charge in [-0.3, -0.25) is 9.59 Å². The highest BCUT2D eigenvalue weighted by molar-refractivity contribution is 5.70. The molecule has 0 fully saturated rings. The zero-order chi connectivity index (χ0) is 35.0. The zero-order valence-electron chi connectivity index (χ0n) is 32.8. The molecule has 0 bridgehead atoms. The number of esters is 2. The lowest BCUT2D eigenvalue weighted by atomic mass is 10.0. The SMILES string of the molecule is CCCCCCCCCCCCCCCCCC(=O)OCC(COCCCCCCCCCCCC)OC(=O)CCCCCCCCC. The molecule has 0 aliphatic rings. The molecule has 1 atom stereocenters. The van der Waals surface area contributed by atoms with Gasteiger partial charge >= 0.3 is 11.9 Å². The highest BCUT2D eigenvalue weighted by Crippen LogP contribution is 2.15. The van der Waals surface area contributed by atoms with Gasteiger partial charge in [0.2, 0.25) is 0 Å². The maximum Gasteiger partial charge on any atom is 0.306 e. The van der Waals surface area contributed by atoms with Gasteiger partial charge in [0.05, 0.1) is 6.61 Å². The maximum absolute atomic E-state index is 12.6. The first kappa shape index (κ1) is 46.9. The van der Waals surface area contributed by atoms with Crippen molar-refractivity contribution in [2.75, 3.05) is 19.8 Å². The monoisotopic (exact) mass is 681 g/mol. The second-order valence-electron chi connectivity index (χ2n) is 14.6. The fourth-order valence-corrected chi connectivity index (χ4v) is 6.39. The van der Waals surface area contributed by atoms with Crippen LogP contribution < -0.4 is 0 Å². The number of unbranched alkanes of at least 4 members (excludes halogenated alkanes) is 29. The average molecular weight is 681 g/mol. The van der Waals surface area contributed by atoms with Crippen molar-refractivity contribution in [2.24, 2.45) is 0 Å². The van der Waals surface area contributed by atoms with E-state index < -0.39 is 6.10 Å². The van der Waals surface area contributed by atoms with Gasteiger partial charge in [0.1, 0.15) is 6.61 Å². The van der Waals surface area contributed by atoms with E-state index in [1.165, 1.54) is 173 Å². The Labute approximate surface area is 300 Å². The molecular formula is C43H84O5. The minimum atomic E-state index is -0.518. The Hall–Kier alpha value is -1.10. The van der Waals surface area contributed by atoms with Gasteiger partial charge in [0.25, 0.3) is 0 Å².